The van der Waals surface area contributed by atoms with E-state index in [1.807, 2.05) is 24.3 Å². The average Bonchev–Trinajstić information content (AvgIpc) is 3.62. The number of ether oxygens (including phenoxy) is 2. The molecule has 39 heavy (non-hydrogen) atoms. The fourth-order valence-electron chi connectivity index (χ4n) is 2.15. The summed E-state index contributed by atoms with van der Waals surface area (Å²) in [5.74, 6) is -6.11. The Hall–Kier alpha value is -3.23. The molecule has 0 saturated heterocycles. The van der Waals surface area contributed by atoms with Crippen molar-refractivity contribution < 1.29 is 58.3 Å². The number of carbonyl (C=O) groups is 2. The number of hydrogen-bond acceptors (Lipinski definition) is 4. The molecule has 0 unspecified atom stereocenters. The second-order valence-corrected chi connectivity index (χ2v) is 8.13. The largest absolute Gasteiger partial charge is 4.00 e. The molecule has 204 valence electrons. The number of rotatable bonds is 4. The van der Waals surface area contributed by atoms with Crippen LogP contribution >= 0.6 is 0 Å². The summed E-state index contributed by atoms with van der Waals surface area (Å²) in [6.07, 6.45) is 20.0. The Morgan fingerprint density at radius 3 is 1.26 bits per heavy atom. The molecular weight excluding hydrogens is 548 g/mol. The molecule has 0 spiro atoms. The summed E-state index contributed by atoms with van der Waals surface area (Å²) in [5.41, 5.74) is 0. The summed E-state index contributed by atoms with van der Waals surface area (Å²) in [7, 11) is 0. The zero-order valence-electron chi connectivity index (χ0n) is 22.0. The molecule has 0 bridgehead atoms. The van der Waals surface area contributed by atoms with Crippen LogP contribution in [0.3, 0.4) is 0 Å². The molecule has 2 aromatic rings. The van der Waals surface area contributed by atoms with Crippen LogP contribution in [0, 0.1) is 59.4 Å². The van der Waals surface area contributed by atoms with Gasteiger partial charge in [0.2, 0.25) is 0 Å². The van der Waals surface area contributed by atoms with Crippen molar-refractivity contribution in [2.75, 3.05) is 0 Å². The average molecular weight is 576 g/mol. The van der Waals surface area contributed by atoms with Crippen LogP contribution in [0.2, 0.25) is 0 Å². The maximum Gasteiger partial charge on any atom is 4.00 e. The first-order valence-electron chi connectivity index (χ1n) is 11.6. The smallest absolute Gasteiger partial charge is 0.487 e. The first-order chi connectivity index (χ1) is 18.0. The molecule has 0 saturated carbocycles. The number of esters is 2. The van der Waals surface area contributed by atoms with E-state index in [1.165, 1.54) is 0 Å². The van der Waals surface area contributed by atoms with Crippen LogP contribution in [0.4, 0.5) is 17.6 Å². The van der Waals surface area contributed by atoms with Gasteiger partial charge in [-0.1, -0.05) is 27.7 Å². The van der Waals surface area contributed by atoms with Gasteiger partial charge in [-0.05, 0) is 0 Å². The SMILES string of the molecule is CC(C)C(=O)Oc1ccc(F)[c-]c1F.CC(C)C(=O)Oc1ccc(F)[c-]c1F.[C-]1=CC=CC1.[C-]1=CC=CC1.[Ti+4]. The molecule has 9 heteroatoms. The molecule has 0 radical (unpaired) electrons. The summed E-state index contributed by atoms with van der Waals surface area (Å²) >= 11 is 0. The van der Waals surface area contributed by atoms with Crippen LogP contribution in [0.15, 0.2) is 60.7 Å². The van der Waals surface area contributed by atoms with Crippen LogP contribution < -0.4 is 9.47 Å². The second-order valence-electron chi connectivity index (χ2n) is 8.13. The topological polar surface area (TPSA) is 52.6 Å². The normalized spacial score (nSPS) is 11.9. The minimum atomic E-state index is -1.00. The fraction of sp³-hybridized carbons (Fsp3) is 0.267. The van der Waals surface area contributed by atoms with Crippen LogP contribution in [0.25, 0.3) is 0 Å². The van der Waals surface area contributed by atoms with Gasteiger partial charge in [-0.25, -0.2) is 41.9 Å². The van der Waals surface area contributed by atoms with Crippen molar-refractivity contribution >= 4 is 11.9 Å². The van der Waals surface area contributed by atoms with Gasteiger partial charge < -0.3 is 9.47 Å². The van der Waals surface area contributed by atoms with Crippen molar-refractivity contribution in [1.29, 1.82) is 0 Å². The van der Waals surface area contributed by atoms with Crippen LogP contribution in [-0.4, -0.2) is 11.9 Å². The standard InChI is InChI=1S/2C10H9F2O2.2C5H5.Ti/c2*1-6(2)10(13)14-9-4-3-7(11)5-8(9)12;2*1-2-4-5-3-1;/h2*3-4,6H,1-2H3;2*1-3H,4H2;/q4*-1;+4. The molecule has 0 amide bonds. The predicted octanol–water partition coefficient (Wildman–Crippen LogP) is 7.26. The number of hydrogen-bond donors (Lipinski definition) is 0. The molecule has 0 atom stereocenters. The Labute approximate surface area is 242 Å². The molecular formula is C30H28F4O4Ti. The molecule has 2 aliphatic rings. The van der Waals surface area contributed by atoms with E-state index in [0.717, 1.165) is 37.1 Å². The summed E-state index contributed by atoms with van der Waals surface area (Å²) in [5, 5.41) is 0. The summed E-state index contributed by atoms with van der Waals surface area (Å²) < 4.78 is 59.9. The molecule has 2 aliphatic carbocycles. The predicted molar refractivity (Wildman–Crippen MR) is 134 cm³/mol. The van der Waals surface area contributed by atoms with Crippen LogP contribution in [0.5, 0.6) is 11.5 Å². The van der Waals surface area contributed by atoms with Crippen molar-refractivity contribution in [3.8, 4) is 11.5 Å². The second kappa shape index (κ2) is 19.8. The zero-order valence-corrected chi connectivity index (χ0v) is 23.5. The minimum Gasteiger partial charge on any atom is -0.487 e. The molecule has 4 nitrogen and oxygen atoms in total. The quantitative estimate of drug-likeness (QED) is 0.126. The van der Waals surface area contributed by atoms with Gasteiger partial charge in [-0.2, -0.15) is 12.2 Å². The van der Waals surface area contributed by atoms with E-state index >= 15 is 0 Å². The Kier molecular flexibility index (Phi) is 18.2. The Morgan fingerprint density at radius 1 is 0.692 bits per heavy atom. The Balaban J connectivity index is 0.000000537. The molecule has 0 aromatic heterocycles. The van der Waals surface area contributed by atoms with E-state index in [0.29, 0.717) is 0 Å². The van der Waals surface area contributed by atoms with Gasteiger partial charge in [0, 0.05) is 11.6 Å². The fourth-order valence-corrected chi connectivity index (χ4v) is 2.15. The van der Waals surface area contributed by atoms with E-state index in [4.69, 9.17) is 0 Å². The van der Waals surface area contributed by atoms with E-state index in [2.05, 4.69) is 33.8 Å². The van der Waals surface area contributed by atoms with E-state index in [-0.39, 0.29) is 45.1 Å². The first-order valence-corrected chi connectivity index (χ1v) is 11.6. The third kappa shape index (κ3) is 15.7. The molecule has 0 fully saturated rings. The Morgan fingerprint density at radius 2 is 1.05 bits per heavy atom. The van der Waals surface area contributed by atoms with Crippen LogP contribution in [-0.2, 0) is 31.3 Å². The van der Waals surface area contributed by atoms with Crippen molar-refractivity contribution in [2.45, 2.75) is 40.5 Å². The van der Waals surface area contributed by atoms with Gasteiger partial charge >= 0.3 is 33.7 Å². The van der Waals surface area contributed by atoms with Crippen molar-refractivity contribution in [3.05, 3.63) is 108 Å². The van der Waals surface area contributed by atoms with Crippen LogP contribution in [0.1, 0.15) is 40.5 Å². The third-order valence-corrected chi connectivity index (χ3v) is 4.19. The van der Waals surface area contributed by atoms with Gasteiger partial charge in [0.05, 0.1) is 35.0 Å². The first kappa shape index (κ1) is 35.8. The van der Waals surface area contributed by atoms with E-state index in [9.17, 15) is 27.2 Å². The molecule has 0 heterocycles. The van der Waals surface area contributed by atoms with Gasteiger partial charge in [0.15, 0.2) is 0 Å². The van der Waals surface area contributed by atoms with E-state index < -0.39 is 35.2 Å². The maximum atomic E-state index is 12.9. The van der Waals surface area contributed by atoms with Crippen molar-refractivity contribution in [2.24, 2.45) is 11.8 Å². The molecule has 0 aliphatic heterocycles. The van der Waals surface area contributed by atoms with Crippen molar-refractivity contribution in [1.82, 2.24) is 0 Å². The van der Waals surface area contributed by atoms with Crippen molar-refractivity contribution in [3.63, 3.8) is 0 Å². The summed E-state index contributed by atoms with van der Waals surface area (Å²) in [6.45, 7) is 6.47. The molecule has 0 N–H and O–H groups in total. The van der Waals surface area contributed by atoms with Gasteiger partial charge in [-0.3, -0.25) is 21.7 Å². The van der Waals surface area contributed by atoms with Gasteiger partial charge in [0.1, 0.15) is 0 Å². The number of halogens is 4. The summed E-state index contributed by atoms with van der Waals surface area (Å²) in [6, 6.07) is 7.62. The monoisotopic (exact) mass is 576 g/mol. The molecule has 4 rings (SSSR count). The minimum absolute atomic E-state index is 0. The molecule has 2 aromatic carbocycles. The number of allylic oxidation sites excluding steroid dienone is 8. The van der Waals surface area contributed by atoms with Gasteiger partial charge in [-0.15, -0.1) is 49.2 Å². The summed E-state index contributed by atoms with van der Waals surface area (Å²) in [4.78, 5) is 22.1. The third-order valence-electron chi connectivity index (χ3n) is 4.19. The number of benzene rings is 2. The van der Waals surface area contributed by atoms with E-state index in [1.54, 1.807) is 39.8 Å². The zero-order chi connectivity index (χ0) is 28.5. The number of carbonyl (C=O) groups excluding carboxylic acids is 2. The Bertz CT molecular complexity index is 1060. The van der Waals surface area contributed by atoms with Gasteiger partial charge in [0.25, 0.3) is 0 Å². The maximum absolute atomic E-state index is 12.9.